The highest BCUT2D eigenvalue weighted by atomic mass is 19.1. The summed E-state index contributed by atoms with van der Waals surface area (Å²) in [5.41, 5.74) is 8.83. The van der Waals surface area contributed by atoms with Gasteiger partial charge in [-0.3, -0.25) is 4.79 Å². The van der Waals surface area contributed by atoms with E-state index < -0.39 is 11.8 Å². The van der Waals surface area contributed by atoms with Crippen molar-refractivity contribution in [2.24, 2.45) is 5.73 Å². The van der Waals surface area contributed by atoms with Crippen LogP contribution in [0.25, 0.3) is 11.3 Å². The molecule has 1 unspecified atom stereocenters. The monoisotopic (exact) mass is 512 g/mol. The molecule has 38 heavy (non-hydrogen) atoms. The van der Waals surface area contributed by atoms with Crippen LogP contribution in [0.2, 0.25) is 0 Å². The molecule has 0 saturated carbocycles. The van der Waals surface area contributed by atoms with Gasteiger partial charge >= 0.3 is 0 Å². The summed E-state index contributed by atoms with van der Waals surface area (Å²) in [5.74, 6) is 0.292. The SMILES string of the molecule is COc1ccc(C2C(C#N)=C(N)Oc3cc(NC(=O)c4cc(-c5ccc(F)cc5)on4)ccc32)cc1OC. The van der Waals surface area contributed by atoms with Crippen LogP contribution in [-0.4, -0.2) is 25.3 Å². The van der Waals surface area contributed by atoms with Crippen LogP contribution in [0.3, 0.4) is 0 Å². The van der Waals surface area contributed by atoms with Crippen molar-refractivity contribution in [3.8, 4) is 34.6 Å². The van der Waals surface area contributed by atoms with Crippen LogP contribution in [0, 0.1) is 17.1 Å². The Labute approximate surface area is 216 Å². The van der Waals surface area contributed by atoms with E-state index in [4.69, 9.17) is 24.5 Å². The van der Waals surface area contributed by atoms with Gasteiger partial charge in [-0.2, -0.15) is 5.26 Å². The largest absolute Gasteiger partial charge is 0.493 e. The smallest absolute Gasteiger partial charge is 0.277 e. The van der Waals surface area contributed by atoms with E-state index in [2.05, 4.69) is 16.5 Å². The molecule has 1 aliphatic heterocycles. The first kappa shape index (κ1) is 24.4. The van der Waals surface area contributed by atoms with Crippen molar-refractivity contribution < 1.29 is 27.9 Å². The van der Waals surface area contributed by atoms with Gasteiger partial charge in [0.25, 0.3) is 5.91 Å². The molecule has 0 fully saturated rings. The zero-order valence-corrected chi connectivity index (χ0v) is 20.3. The number of allylic oxidation sites excluding steroid dienone is 1. The maximum Gasteiger partial charge on any atom is 0.277 e. The van der Waals surface area contributed by atoms with E-state index in [1.165, 1.54) is 37.4 Å². The summed E-state index contributed by atoms with van der Waals surface area (Å²) >= 11 is 0. The average molecular weight is 512 g/mol. The number of benzene rings is 3. The number of nitriles is 1. The van der Waals surface area contributed by atoms with Gasteiger partial charge in [0.15, 0.2) is 23.0 Å². The molecule has 0 aliphatic carbocycles. The Kier molecular flexibility index (Phi) is 6.41. The molecule has 1 atom stereocenters. The Morgan fingerprint density at radius 3 is 2.53 bits per heavy atom. The molecule has 3 aromatic carbocycles. The molecule has 2 heterocycles. The molecular formula is C28H21FN4O5. The highest BCUT2D eigenvalue weighted by molar-refractivity contribution is 6.03. The third-order valence-electron chi connectivity index (χ3n) is 6.09. The van der Waals surface area contributed by atoms with Gasteiger partial charge in [-0.1, -0.05) is 17.3 Å². The fraction of sp³-hybridized carbons (Fsp3) is 0.107. The number of hydrogen-bond acceptors (Lipinski definition) is 8. The lowest BCUT2D eigenvalue weighted by molar-refractivity contribution is 0.101. The molecule has 190 valence electrons. The number of halogens is 1. The van der Waals surface area contributed by atoms with E-state index >= 15 is 0 Å². The lowest BCUT2D eigenvalue weighted by atomic mass is 9.83. The van der Waals surface area contributed by atoms with Crippen molar-refractivity contribution in [3.63, 3.8) is 0 Å². The minimum absolute atomic E-state index is 0.0382. The van der Waals surface area contributed by atoms with E-state index in [1.807, 2.05) is 6.07 Å². The fourth-order valence-corrected chi connectivity index (χ4v) is 4.24. The normalized spacial score (nSPS) is 14.2. The van der Waals surface area contributed by atoms with Crippen LogP contribution in [0.5, 0.6) is 17.2 Å². The van der Waals surface area contributed by atoms with Crippen molar-refractivity contribution in [1.82, 2.24) is 5.16 Å². The topological polar surface area (TPSA) is 133 Å². The van der Waals surface area contributed by atoms with E-state index in [-0.39, 0.29) is 23.0 Å². The van der Waals surface area contributed by atoms with Gasteiger partial charge in [0, 0.05) is 28.9 Å². The van der Waals surface area contributed by atoms with Crippen LogP contribution in [0.15, 0.2) is 82.7 Å². The minimum Gasteiger partial charge on any atom is -0.493 e. The molecule has 5 rings (SSSR count). The number of ether oxygens (including phenoxy) is 3. The molecule has 3 N–H and O–H groups in total. The Morgan fingerprint density at radius 1 is 1.05 bits per heavy atom. The molecule has 4 aromatic rings. The Balaban J connectivity index is 1.43. The average Bonchev–Trinajstić information content (AvgIpc) is 3.43. The van der Waals surface area contributed by atoms with E-state index in [0.29, 0.717) is 39.8 Å². The molecule has 0 spiro atoms. The number of carbonyl (C=O) groups is 1. The summed E-state index contributed by atoms with van der Waals surface area (Å²) in [6.07, 6.45) is 0. The number of hydrogen-bond donors (Lipinski definition) is 2. The highest BCUT2D eigenvalue weighted by Crippen LogP contribution is 2.44. The molecule has 1 aliphatic rings. The van der Waals surface area contributed by atoms with Crippen LogP contribution in [0.1, 0.15) is 27.5 Å². The molecule has 1 amide bonds. The lowest BCUT2D eigenvalue weighted by Gasteiger charge is -2.27. The predicted molar refractivity (Wildman–Crippen MR) is 135 cm³/mol. The Bertz CT molecular complexity index is 1600. The number of nitrogens with one attached hydrogen (secondary N) is 1. The number of anilines is 1. The molecule has 9 nitrogen and oxygen atoms in total. The third-order valence-corrected chi connectivity index (χ3v) is 6.09. The van der Waals surface area contributed by atoms with Crippen molar-refractivity contribution in [2.45, 2.75) is 5.92 Å². The standard InChI is InChI=1S/C28H21FN4O5/c1-35-22-10-5-16(11-25(22)36-2)26-19-9-8-18(12-24(19)37-27(31)20(26)14-30)32-28(34)21-13-23(38-33-21)15-3-6-17(29)7-4-15/h3-13,26H,31H2,1-2H3,(H,32,34). The maximum atomic E-state index is 13.2. The van der Waals surface area contributed by atoms with Crippen LogP contribution < -0.4 is 25.3 Å². The molecule has 0 saturated heterocycles. The van der Waals surface area contributed by atoms with Crippen molar-refractivity contribution in [1.29, 1.82) is 5.26 Å². The number of carbonyl (C=O) groups excluding carboxylic acids is 1. The molecule has 0 bridgehead atoms. The highest BCUT2D eigenvalue weighted by Gasteiger charge is 2.31. The van der Waals surface area contributed by atoms with Gasteiger partial charge in [-0.15, -0.1) is 0 Å². The second-order valence-electron chi connectivity index (χ2n) is 8.33. The minimum atomic E-state index is -0.526. The molecule has 0 radical (unpaired) electrons. The van der Waals surface area contributed by atoms with Gasteiger partial charge in [0.05, 0.1) is 20.1 Å². The zero-order chi connectivity index (χ0) is 26.8. The summed E-state index contributed by atoms with van der Waals surface area (Å²) in [6, 6.07) is 19.7. The number of amides is 1. The fourth-order valence-electron chi connectivity index (χ4n) is 4.24. The lowest BCUT2D eigenvalue weighted by Crippen LogP contribution is -2.21. The summed E-state index contributed by atoms with van der Waals surface area (Å²) in [5, 5.41) is 16.4. The number of nitrogens with zero attached hydrogens (tertiary/aromatic N) is 2. The third kappa shape index (κ3) is 4.49. The second-order valence-corrected chi connectivity index (χ2v) is 8.33. The summed E-state index contributed by atoms with van der Waals surface area (Å²) in [6.45, 7) is 0. The van der Waals surface area contributed by atoms with Crippen molar-refractivity contribution in [3.05, 3.63) is 101 Å². The predicted octanol–water partition coefficient (Wildman–Crippen LogP) is 4.97. The zero-order valence-electron chi connectivity index (χ0n) is 20.3. The first-order chi connectivity index (χ1) is 18.4. The first-order valence-electron chi connectivity index (χ1n) is 11.4. The quantitative estimate of drug-likeness (QED) is 0.370. The van der Waals surface area contributed by atoms with Crippen LogP contribution in [0.4, 0.5) is 10.1 Å². The van der Waals surface area contributed by atoms with Gasteiger partial charge in [-0.05, 0) is 48.0 Å². The van der Waals surface area contributed by atoms with Gasteiger partial charge in [0.2, 0.25) is 5.88 Å². The number of aromatic nitrogens is 1. The maximum absolute atomic E-state index is 13.2. The van der Waals surface area contributed by atoms with E-state index in [9.17, 15) is 14.4 Å². The van der Waals surface area contributed by atoms with Crippen LogP contribution >= 0.6 is 0 Å². The van der Waals surface area contributed by atoms with E-state index in [0.717, 1.165) is 5.56 Å². The molecule has 1 aromatic heterocycles. The van der Waals surface area contributed by atoms with Crippen LogP contribution in [-0.2, 0) is 0 Å². The molecular weight excluding hydrogens is 491 g/mol. The number of fused-ring (bicyclic) bond motifs is 1. The number of rotatable bonds is 6. The summed E-state index contributed by atoms with van der Waals surface area (Å²) < 4.78 is 34.9. The summed E-state index contributed by atoms with van der Waals surface area (Å²) in [7, 11) is 3.07. The van der Waals surface area contributed by atoms with Gasteiger partial charge in [0.1, 0.15) is 23.2 Å². The first-order valence-corrected chi connectivity index (χ1v) is 11.4. The number of nitrogens with two attached hydrogens (primary N) is 1. The van der Waals surface area contributed by atoms with Gasteiger partial charge < -0.3 is 29.8 Å². The number of methoxy groups -OCH3 is 2. The molecule has 10 heteroatoms. The summed E-state index contributed by atoms with van der Waals surface area (Å²) in [4.78, 5) is 12.8. The Morgan fingerprint density at radius 2 is 1.82 bits per heavy atom. The second kappa shape index (κ2) is 9.99. The van der Waals surface area contributed by atoms with Crippen molar-refractivity contribution >= 4 is 11.6 Å². The van der Waals surface area contributed by atoms with Crippen molar-refractivity contribution in [2.75, 3.05) is 19.5 Å². The van der Waals surface area contributed by atoms with Gasteiger partial charge in [-0.25, -0.2) is 4.39 Å². The Hall–Kier alpha value is -5.30. The van der Waals surface area contributed by atoms with E-state index in [1.54, 1.807) is 37.4 Å².